The van der Waals surface area contributed by atoms with Crippen molar-refractivity contribution in [2.75, 3.05) is 25.1 Å². The van der Waals surface area contributed by atoms with E-state index >= 15 is 0 Å². The van der Waals surface area contributed by atoms with Crippen LogP contribution in [-0.4, -0.2) is 37.0 Å². The Kier molecular flexibility index (Phi) is 6.80. The molecule has 0 fully saturated rings. The van der Waals surface area contributed by atoms with Crippen LogP contribution in [0.2, 0.25) is 0 Å². The number of carbonyl (C=O) groups excluding carboxylic acids is 2. The van der Waals surface area contributed by atoms with Gasteiger partial charge in [-0.2, -0.15) is 0 Å². The molecule has 0 atom stereocenters. The number of para-hydroxylation sites is 1. The van der Waals surface area contributed by atoms with Gasteiger partial charge in [0, 0.05) is 24.8 Å². The lowest BCUT2D eigenvalue weighted by molar-refractivity contribution is -0.118. The number of anilines is 1. The summed E-state index contributed by atoms with van der Waals surface area (Å²) in [6.45, 7) is 1.15. The van der Waals surface area contributed by atoms with E-state index in [4.69, 9.17) is 4.74 Å². The van der Waals surface area contributed by atoms with E-state index in [9.17, 15) is 9.59 Å². The van der Waals surface area contributed by atoms with E-state index in [0.717, 1.165) is 36.2 Å². The Hall–Kier alpha value is -3.67. The largest absolute Gasteiger partial charge is 0.496 e. The molecular formula is C26H27N3O3. The molecular weight excluding hydrogens is 402 g/mol. The molecule has 0 saturated carbocycles. The molecule has 2 amide bonds. The molecule has 4 rings (SSSR count). The standard InChI is InChI=1S/C26H27N3O3/c1-32-24-12-6-5-10-20(24)17-25(30)29-15-7-11-22-23(29)16-21(18-28-22)26(31)27-14-13-19-8-3-2-4-9-19/h2-6,8-10,12,16,18H,7,11,13-15,17H2,1H3,(H,27,31). The third-order valence-corrected chi connectivity index (χ3v) is 5.67. The molecule has 1 aromatic heterocycles. The second-order valence-electron chi connectivity index (χ2n) is 7.82. The summed E-state index contributed by atoms with van der Waals surface area (Å²) in [5, 5.41) is 2.95. The third-order valence-electron chi connectivity index (χ3n) is 5.67. The number of nitrogens with one attached hydrogen (secondary N) is 1. The first-order valence-corrected chi connectivity index (χ1v) is 10.9. The zero-order valence-corrected chi connectivity index (χ0v) is 18.2. The average molecular weight is 430 g/mol. The number of amides is 2. The van der Waals surface area contributed by atoms with Crippen molar-refractivity contribution >= 4 is 17.5 Å². The van der Waals surface area contributed by atoms with Gasteiger partial charge in [-0.25, -0.2) is 0 Å². The van der Waals surface area contributed by atoms with Gasteiger partial charge in [-0.1, -0.05) is 48.5 Å². The smallest absolute Gasteiger partial charge is 0.252 e. The summed E-state index contributed by atoms with van der Waals surface area (Å²) in [4.78, 5) is 32.1. The van der Waals surface area contributed by atoms with E-state index in [1.54, 1.807) is 24.3 Å². The number of fused-ring (bicyclic) bond motifs is 1. The molecule has 3 aromatic rings. The van der Waals surface area contributed by atoms with Crippen molar-refractivity contribution < 1.29 is 14.3 Å². The zero-order chi connectivity index (χ0) is 22.3. The van der Waals surface area contributed by atoms with E-state index < -0.39 is 0 Å². The highest BCUT2D eigenvalue weighted by atomic mass is 16.5. The highest BCUT2D eigenvalue weighted by Gasteiger charge is 2.25. The van der Waals surface area contributed by atoms with E-state index in [2.05, 4.69) is 10.3 Å². The van der Waals surface area contributed by atoms with Crippen molar-refractivity contribution in [3.63, 3.8) is 0 Å². The van der Waals surface area contributed by atoms with Crippen LogP contribution in [0.5, 0.6) is 5.75 Å². The molecule has 2 heterocycles. The number of methoxy groups -OCH3 is 1. The molecule has 0 unspecified atom stereocenters. The maximum absolute atomic E-state index is 13.2. The van der Waals surface area contributed by atoms with Gasteiger partial charge in [0.1, 0.15) is 5.75 Å². The van der Waals surface area contributed by atoms with E-state index in [-0.39, 0.29) is 18.2 Å². The van der Waals surface area contributed by atoms with Gasteiger partial charge in [-0.15, -0.1) is 0 Å². The van der Waals surface area contributed by atoms with Crippen LogP contribution in [0.3, 0.4) is 0 Å². The van der Waals surface area contributed by atoms with Gasteiger partial charge in [-0.3, -0.25) is 14.6 Å². The van der Waals surface area contributed by atoms with Crippen molar-refractivity contribution in [3.05, 3.63) is 89.2 Å². The molecule has 0 spiro atoms. The van der Waals surface area contributed by atoms with Gasteiger partial charge >= 0.3 is 0 Å². The summed E-state index contributed by atoms with van der Waals surface area (Å²) in [6, 6.07) is 19.4. The summed E-state index contributed by atoms with van der Waals surface area (Å²) in [5.74, 6) is 0.487. The van der Waals surface area contributed by atoms with Gasteiger partial charge in [0.2, 0.25) is 5.91 Å². The van der Waals surface area contributed by atoms with Gasteiger partial charge in [0.05, 0.1) is 30.5 Å². The van der Waals surface area contributed by atoms with Crippen LogP contribution in [0.1, 0.15) is 33.6 Å². The van der Waals surface area contributed by atoms with Crippen LogP contribution in [0.25, 0.3) is 0 Å². The fraction of sp³-hybridized carbons (Fsp3) is 0.269. The predicted octanol–water partition coefficient (Wildman–Crippen LogP) is 3.58. The summed E-state index contributed by atoms with van der Waals surface area (Å²) < 4.78 is 5.39. The van der Waals surface area contributed by atoms with Gasteiger partial charge in [0.25, 0.3) is 5.91 Å². The Morgan fingerprint density at radius 1 is 1.09 bits per heavy atom. The molecule has 0 aliphatic carbocycles. The SMILES string of the molecule is COc1ccccc1CC(=O)N1CCCc2ncc(C(=O)NCCc3ccccc3)cc21. The zero-order valence-electron chi connectivity index (χ0n) is 18.2. The highest BCUT2D eigenvalue weighted by molar-refractivity contribution is 5.99. The van der Waals surface area contributed by atoms with Gasteiger partial charge < -0.3 is 15.0 Å². The second-order valence-corrected chi connectivity index (χ2v) is 7.82. The number of pyridine rings is 1. The summed E-state index contributed by atoms with van der Waals surface area (Å²) in [7, 11) is 1.60. The van der Waals surface area contributed by atoms with Crippen LogP contribution in [-0.2, 0) is 24.1 Å². The molecule has 1 aliphatic heterocycles. The first kappa shape index (κ1) is 21.6. The van der Waals surface area contributed by atoms with Crippen molar-refractivity contribution in [2.45, 2.75) is 25.7 Å². The monoisotopic (exact) mass is 429 g/mol. The van der Waals surface area contributed by atoms with Crippen molar-refractivity contribution in [1.82, 2.24) is 10.3 Å². The van der Waals surface area contributed by atoms with E-state index in [0.29, 0.717) is 24.4 Å². The number of hydrogen-bond acceptors (Lipinski definition) is 4. The number of benzene rings is 2. The maximum Gasteiger partial charge on any atom is 0.252 e. The van der Waals surface area contributed by atoms with Crippen LogP contribution < -0.4 is 15.0 Å². The number of rotatable bonds is 7. The van der Waals surface area contributed by atoms with Crippen LogP contribution in [0.4, 0.5) is 5.69 Å². The number of hydrogen-bond donors (Lipinski definition) is 1. The molecule has 2 aromatic carbocycles. The Morgan fingerprint density at radius 2 is 1.88 bits per heavy atom. The van der Waals surface area contributed by atoms with Crippen LogP contribution in [0.15, 0.2) is 66.9 Å². The highest BCUT2D eigenvalue weighted by Crippen LogP contribution is 2.28. The number of nitrogens with zero attached hydrogens (tertiary/aromatic N) is 2. The quantitative estimate of drug-likeness (QED) is 0.623. The van der Waals surface area contributed by atoms with Gasteiger partial charge in [0.15, 0.2) is 0 Å². The minimum atomic E-state index is -0.182. The lowest BCUT2D eigenvalue weighted by Gasteiger charge is -2.29. The fourth-order valence-electron chi connectivity index (χ4n) is 3.99. The maximum atomic E-state index is 13.2. The first-order valence-electron chi connectivity index (χ1n) is 10.9. The normalized spacial score (nSPS) is 12.7. The minimum absolute atomic E-state index is 0.0288. The topological polar surface area (TPSA) is 71.5 Å². The molecule has 0 bridgehead atoms. The Morgan fingerprint density at radius 3 is 2.69 bits per heavy atom. The molecule has 32 heavy (non-hydrogen) atoms. The van der Waals surface area contributed by atoms with Gasteiger partial charge in [-0.05, 0) is 37.0 Å². The van der Waals surface area contributed by atoms with Crippen LogP contribution in [0, 0.1) is 0 Å². The minimum Gasteiger partial charge on any atom is -0.496 e. The number of aromatic nitrogens is 1. The molecule has 6 heteroatoms. The third kappa shape index (κ3) is 4.97. The summed E-state index contributed by atoms with van der Waals surface area (Å²) in [6.07, 6.45) is 4.24. The first-order chi connectivity index (χ1) is 15.7. The van der Waals surface area contributed by atoms with Crippen molar-refractivity contribution in [2.24, 2.45) is 0 Å². The molecule has 0 saturated heterocycles. The fourth-order valence-corrected chi connectivity index (χ4v) is 3.99. The van der Waals surface area contributed by atoms with E-state index in [1.165, 1.54) is 5.56 Å². The summed E-state index contributed by atoms with van der Waals surface area (Å²) >= 11 is 0. The number of aryl methyl sites for hydroxylation is 1. The van der Waals surface area contributed by atoms with Crippen molar-refractivity contribution in [3.8, 4) is 5.75 Å². The summed E-state index contributed by atoms with van der Waals surface area (Å²) in [5.41, 5.74) is 4.06. The van der Waals surface area contributed by atoms with Crippen molar-refractivity contribution in [1.29, 1.82) is 0 Å². The number of carbonyl (C=O) groups is 2. The average Bonchev–Trinajstić information content (AvgIpc) is 2.84. The Balaban J connectivity index is 1.46. The molecule has 1 aliphatic rings. The molecule has 164 valence electrons. The predicted molar refractivity (Wildman–Crippen MR) is 124 cm³/mol. The second kappa shape index (κ2) is 10.1. The lowest BCUT2D eigenvalue weighted by Crippen LogP contribution is -2.37. The number of ether oxygens (including phenoxy) is 1. The van der Waals surface area contributed by atoms with Crippen LogP contribution >= 0.6 is 0 Å². The Bertz CT molecular complexity index is 1100. The molecule has 1 N–H and O–H groups in total. The molecule has 0 radical (unpaired) electrons. The van der Waals surface area contributed by atoms with E-state index in [1.807, 2.05) is 54.6 Å². The molecule has 6 nitrogen and oxygen atoms in total. The Labute approximate surface area is 188 Å². The lowest BCUT2D eigenvalue weighted by atomic mass is 10.0.